The van der Waals surface area contributed by atoms with Gasteiger partial charge in [-0.05, 0) is 0 Å². The fourth-order valence-electron chi connectivity index (χ4n) is 1.42. The number of hydrogen-bond acceptors (Lipinski definition) is 8. The molecule has 9 nitrogen and oxygen atoms in total. The zero-order valence-corrected chi connectivity index (χ0v) is 10.1. The van der Waals surface area contributed by atoms with Crippen molar-refractivity contribution in [2.75, 3.05) is 19.0 Å². The third-order valence-corrected chi connectivity index (χ3v) is 2.29. The maximum Gasteiger partial charge on any atom is 0.311 e. The predicted octanol–water partition coefficient (Wildman–Crippen LogP) is 1.04. The van der Waals surface area contributed by atoms with Crippen LogP contribution in [0.15, 0.2) is 23.0 Å². The van der Waals surface area contributed by atoms with Gasteiger partial charge in [-0.3, -0.25) is 10.1 Å². The molecule has 0 atom stereocenters. The molecule has 2 rings (SSSR count). The molecule has 0 unspecified atom stereocenters. The van der Waals surface area contributed by atoms with Gasteiger partial charge in [0.05, 0.1) is 12.0 Å². The van der Waals surface area contributed by atoms with Gasteiger partial charge in [0.15, 0.2) is 6.33 Å². The van der Waals surface area contributed by atoms with E-state index in [4.69, 9.17) is 9.26 Å². The van der Waals surface area contributed by atoms with Gasteiger partial charge in [0, 0.05) is 25.1 Å². The van der Waals surface area contributed by atoms with E-state index in [0.717, 1.165) is 0 Å². The molecule has 9 heteroatoms. The molecule has 100 valence electrons. The van der Waals surface area contributed by atoms with E-state index in [1.807, 2.05) is 0 Å². The number of methoxy groups -OCH3 is 1. The van der Waals surface area contributed by atoms with Crippen LogP contribution in [-0.2, 0) is 6.42 Å². The molecule has 0 radical (unpaired) electrons. The molecule has 0 bridgehead atoms. The molecule has 0 amide bonds. The molecule has 2 aromatic rings. The first-order valence-electron chi connectivity index (χ1n) is 5.39. The van der Waals surface area contributed by atoms with Crippen LogP contribution in [0.25, 0.3) is 0 Å². The highest BCUT2D eigenvalue weighted by Crippen LogP contribution is 2.24. The van der Waals surface area contributed by atoms with Gasteiger partial charge in [0.25, 0.3) is 0 Å². The number of nitro groups is 1. The summed E-state index contributed by atoms with van der Waals surface area (Å²) in [6.07, 6.45) is 1.73. The van der Waals surface area contributed by atoms with Crippen LogP contribution < -0.4 is 10.1 Å². The number of anilines is 1. The van der Waals surface area contributed by atoms with E-state index >= 15 is 0 Å². The predicted molar refractivity (Wildman–Crippen MR) is 63.9 cm³/mol. The monoisotopic (exact) mass is 265 g/mol. The van der Waals surface area contributed by atoms with Crippen molar-refractivity contribution in [2.24, 2.45) is 0 Å². The largest absolute Gasteiger partial charge is 0.481 e. The van der Waals surface area contributed by atoms with Crippen molar-refractivity contribution >= 4 is 11.5 Å². The Hall–Kier alpha value is -2.71. The summed E-state index contributed by atoms with van der Waals surface area (Å²) >= 11 is 0. The minimum atomic E-state index is -0.512. The van der Waals surface area contributed by atoms with Crippen molar-refractivity contribution in [2.45, 2.75) is 6.42 Å². The Morgan fingerprint density at radius 1 is 1.53 bits per heavy atom. The Labute approximate surface area is 107 Å². The summed E-state index contributed by atoms with van der Waals surface area (Å²) in [4.78, 5) is 18.2. The van der Waals surface area contributed by atoms with Crippen molar-refractivity contribution in [1.82, 2.24) is 15.1 Å². The second-order valence-electron chi connectivity index (χ2n) is 3.49. The van der Waals surface area contributed by atoms with Crippen molar-refractivity contribution in [3.8, 4) is 5.88 Å². The fourth-order valence-corrected chi connectivity index (χ4v) is 1.42. The normalized spacial score (nSPS) is 10.2. The lowest BCUT2D eigenvalue weighted by atomic mass is 10.3. The third kappa shape index (κ3) is 3.15. The molecule has 2 heterocycles. The highest BCUT2D eigenvalue weighted by molar-refractivity contribution is 5.57. The maximum atomic E-state index is 10.9. The van der Waals surface area contributed by atoms with Crippen LogP contribution in [-0.4, -0.2) is 33.7 Å². The molecule has 19 heavy (non-hydrogen) atoms. The van der Waals surface area contributed by atoms with E-state index in [1.54, 1.807) is 0 Å². The van der Waals surface area contributed by atoms with E-state index in [-0.39, 0.29) is 11.5 Å². The molecular weight excluding hydrogens is 254 g/mol. The molecular formula is C10H11N5O4. The Morgan fingerprint density at radius 3 is 3.00 bits per heavy atom. The summed E-state index contributed by atoms with van der Waals surface area (Å²) in [6, 6.07) is 2.77. The Balaban J connectivity index is 2.06. The minimum absolute atomic E-state index is 0.119. The van der Waals surface area contributed by atoms with Crippen LogP contribution in [0.2, 0.25) is 0 Å². The SMILES string of the molecule is COc1ccc([N+](=O)[O-])c(NCCc2ncno2)n1. The highest BCUT2D eigenvalue weighted by Gasteiger charge is 2.16. The average Bonchev–Trinajstić information content (AvgIpc) is 2.91. The van der Waals surface area contributed by atoms with Gasteiger partial charge in [0.2, 0.25) is 17.6 Å². The second-order valence-corrected chi connectivity index (χ2v) is 3.49. The summed E-state index contributed by atoms with van der Waals surface area (Å²) in [6.45, 7) is 0.378. The number of aromatic nitrogens is 3. The van der Waals surface area contributed by atoms with Crippen LogP contribution in [0.5, 0.6) is 5.88 Å². The van der Waals surface area contributed by atoms with Gasteiger partial charge in [-0.1, -0.05) is 5.16 Å². The first kappa shape index (κ1) is 12.7. The first-order valence-corrected chi connectivity index (χ1v) is 5.39. The molecule has 0 aliphatic carbocycles. The van der Waals surface area contributed by atoms with Crippen LogP contribution in [0.3, 0.4) is 0 Å². The van der Waals surface area contributed by atoms with E-state index < -0.39 is 4.92 Å². The standard InChI is InChI=1S/C10H11N5O4/c1-18-9-3-2-7(15(16)17)10(14-9)11-5-4-8-12-6-13-19-8/h2-3,6H,4-5H2,1H3,(H,11,14). The van der Waals surface area contributed by atoms with Crippen LogP contribution in [0.1, 0.15) is 5.89 Å². The minimum Gasteiger partial charge on any atom is -0.481 e. The zero-order chi connectivity index (χ0) is 13.7. The molecule has 0 aliphatic rings. The van der Waals surface area contributed by atoms with E-state index in [0.29, 0.717) is 24.7 Å². The zero-order valence-electron chi connectivity index (χ0n) is 10.1. The quantitative estimate of drug-likeness (QED) is 0.608. The van der Waals surface area contributed by atoms with E-state index in [9.17, 15) is 10.1 Å². The highest BCUT2D eigenvalue weighted by atomic mass is 16.6. The number of rotatable bonds is 6. The Morgan fingerprint density at radius 2 is 2.37 bits per heavy atom. The summed E-state index contributed by atoms with van der Waals surface area (Å²) in [5.41, 5.74) is -0.119. The van der Waals surface area contributed by atoms with Gasteiger partial charge >= 0.3 is 5.69 Å². The summed E-state index contributed by atoms with van der Waals surface area (Å²) in [5, 5.41) is 17.2. The smallest absolute Gasteiger partial charge is 0.311 e. The third-order valence-electron chi connectivity index (χ3n) is 2.29. The number of hydrogen-bond donors (Lipinski definition) is 1. The molecule has 0 aliphatic heterocycles. The molecule has 0 aromatic carbocycles. The average molecular weight is 265 g/mol. The van der Waals surface area contributed by atoms with Gasteiger partial charge in [-0.25, -0.2) is 0 Å². The maximum absolute atomic E-state index is 10.9. The lowest BCUT2D eigenvalue weighted by Gasteiger charge is -2.06. The number of ether oxygens (including phenoxy) is 1. The van der Waals surface area contributed by atoms with Crippen LogP contribution >= 0.6 is 0 Å². The lowest BCUT2D eigenvalue weighted by molar-refractivity contribution is -0.384. The van der Waals surface area contributed by atoms with Gasteiger partial charge in [-0.15, -0.1) is 0 Å². The Kier molecular flexibility index (Phi) is 3.86. The van der Waals surface area contributed by atoms with Crippen molar-refractivity contribution in [1.29, 1.82) is 0 Å². The number of pyridine rings is 1. The molecule has 0 saturated heterocycles. The van der Waals surface area contributed by atoms with Crippen molar-refractivity contribution in [3.05, 3.63) is 34.5 Å². The van der Waals surface area contributed by atoms with Crippen molar-refractivity contribution in [3.63, 3.8) is 0 Å². The molecule has 0 saturated carbocycles. The molecule has 2 aromatic heterocycles. The van der Waals surface area contributed by atoms with Gasteiger partial charge in [0.1, 0.15) is 0 Å². The van der Waals surface area contributed by atoms with E-state index in [2.05, 4.69) is 20.4 Å². The summed E-state index contributed by atoms with van der Waals surface area (Å²) in [5.74, 6) is 0.882. The van der Waals surface area contributed by atoms with Crippen LogP contribution in [0.4, 0.5) is 11.5 Å². The van der Waals surface area contributed by atoms with Crippen LogP contribution in [0, 0.1) is 10.1 Å². The fraction of sp³-hybridized carbons (Fsp3) is 0.300. The topological polar surface area (TPSA) is 116 Å². The molecule has 0 fully saturated rings. The summed E-state index contributed by atoms with van der Waals surface area (Å²) in [7, 11) is 1.44. The molecule has 1 N–H and O–H groups in total. The molecule has 0 spiro atoms. The van der Waals surface area contributed by atoms with E-state index in [1.165, 1.54) is 25.6 Å². The second kappa shape index (κ2) is 5.76. The van der Waals surface area contributed by atoms with Gasteiger partial charge in [-0.2, -0.15) is 9.97 Å². The number of nitrogens with one attached hydrogen (secondary N) is 1. The lowest BCUT2D eigenvalue weighted by Crippen LogP contribution is -2.09. The van der Waals surface area contributed by atoms with Gasteiger partial charge < -0.3 is 14.6 Å². The summed E-state index contributed by atoms with van der Waals surface area (Å²) < 4.78 is 9.74. The number of nitrogens with zero attached hydrogens (tertiary/aromatic N) is 4. The van der Waals surface area contributed by atoms with Crippen molar-refractivity contribution < 1.29 is 14.2 Å². The first-order chi connectivity index (χ1) is 9.20. The Bertz CT molecular complexity index is 557.